The number of para-hydroxylation sites is 2. The molecule has 0 bridgehead atoms. The Morgan fingerprint density at radius 1 is 1.32 bits per heavy atom. The normalized spacial score (nSPS) is 10.6. The van der Waals surface area contributed by atoms with Crippen molar-refractivity contribution in [1.29, 1.82) is 0 Å². The summed E-state index contributed by atoms with van der Waals surface area (Å²) in [7, 11) is 1.97. The third kappa shape index (κ3) is 3.24. The molecule has 0 saturated heterocycles. The molecule has 1 aromatic heterocycles. The standard InChI is InChI=1S/C14H20N4O/c1-3-9-15-13(19)8-10-16-14-17-11-6-4-5-7-12(11)18(14)2/h4-7H,3,8-10H2,1-2H3,(H,15,19)(H,16,17). The monoisotopic (exact) mass is 260 g/mol. The molecule has 2 rings (SSSR count). The summed E-state index contributed by atoms with van der Waals surface area (Å²) in [6.07, 6.45) is 1.42. The second-order valence-electron chi connectivity index (χ2n) is 4.51. The van der Waals surface area contributed by atoms with Crippen molar-refractivity contribution in [2.45, 2.75) is 19.8 Å². The maximum Gasteiger partial charge on any atom is 0.221 e. The fourth-order valence-corrected chi connectivity index (χ4v) is 1.94. The van der Waals surface area contributed by atoms with E-state index in [4.69, 9.17) is 0 Å². The molecule has 0 aliphatic heterocycles. The van der Waals surface area contributed by atoms with Gasteiger partial charge in [-0.1, -0.05) is 19.1 Å². The third-order valence-electron chi connectivity index (χ3n) is 2.99. The molecule has 1 heterocycles. The summed E-state index contributed by atoms with van der Waals surface area (Å²) < 4.78 is 2.00. The number of aromatic nitrogens is 2. The molecule has 5 heteroatoms. The number of hydrogen-bond donors (Lipinski definition) is 2. The number of fused-ring (bicyclic) bond motifs is 1. The van der Waals surface area contributed by atoms with Gasteiger partial charge in [0.2, 0.25) is 11.9 Å². The maximum atomic E-state index is 11.5. The van der Waals surface area contributed by atoms with E-state index >= 15 is 0 Å². The topological polar surface area (TPSA) is 59.0 Å². The Balaban J connectivity index is 1.91. The van der Waals surface area contributed by atoms with Gasteiger partial charge in [0, 0.05) is 26.6 Å². The molecule has 0 fully saturated rings. The maximum absolute atomic E-state index is 11.5. The summed E-state index contributed by atoms with van der Waals surface area (Å²) in [6.45, 7) is 3.37. The summed E-state index contributed by atoms with van der Waals surface area (Å²) in [6, 6.07) is 7.97. The fraction of sp³-hybridized carbons (Fsp3) is 0.429. The molecule has 0 aliphatic carbocycles. The van der Waals surface area contributed by atoms with Crippen LogP contribution >= 0.6 is 0 Å². The number of anilines is 1. The minimum Gasteiger partial charge on any atom is -0.356 e. The lowest BCUT2D eigenvalue weighted by atomic mass is 10.3. The first kappa shape index (κ1) is 13.4. The largest absolute Gasteiger partial charge is 0.356 e. The van der Waals surface area contributed by atoms with Gasteiger partial charge in [-0.3, -0.25) is 4.79 Å². The van der Waals surface area contributed by atoms with Crippen LogP contribution in [0.25, 0.3) is 11.0 Å². The van der Waals surface area contributed by atoms with Gasteiger partial charge in [-0.15, -0.1) is 0 Å². The van der Waals surface area contributed by atoms with Crippen LogP contribution in [-0.2, 0) is 11.8 Å². The Labute approximate surface area is 113 Å². The van der Waals surface area contributed by atoms with Crippen molar-refractivity contribution < 1.29 is 4.79 Å². The number of rotatable bonds is 6. The van der Waals surface area contributed by atoms with Crippen molar-refractivity contribution >= 4 is 22.9 Å². The number of amides is 1. The highest BCUT2D eigenvalue weighted by Gasteiger charge is 2.06. The molecule has 0 unspecified atom stereocenters. The molecular formula is C14H20N4O. The van der Waals surface area contributed by atoms with Crippen LogP contribution in [0.2, 0.25) is 0 Å². The highest BCUT2D eigenvalue weighted by atomic mass is 16.1. The zero-order valence-electron chi connectivity index (χ0n) is 11.4. The van der Waals surface area contributed by atoms with E-state index in [9.17, 15) is 4.79 Å². The van der Waals surface area contributed by atoms with Gasteiger partial charge >= 0.3 is 0 Å². The summed E-state index contributed by atoms with van der Waals surface area (Å²) >= 11 is 0. The fourth-order valence-electron chi connectivity index (χ4n) is 1.94. The van der Waals surface area contributed by atoms with Crippen molar-refractivity contribution in [2.24, 2.45) is 7.05 Å². The Morgan fingerprint density at radius 2 is 2.11 bits per heavy atom. The van der Waals surface area contributed by atoms with Crippen LogP contribution in [0.4, 0.5) is 5.95 Å². The first-order chi connectivity index (χ1) is 9.22. The second kappa shape index (κ2) is 6.22. The molecule has 2 aromatic rings. The van der Waals surface area contributed by atoms with Crippen LogP contribution in [0.5, 0.6) is 0 Å². The second-order valence-corrected chi connectivity index (χ2v) is 4.51. The van der Waals surface area contributed by atoms with Crippen molar-refractivity contribution in [3.63, 3.8) is 0 Å². The van der Waals surface area contributed by atoms with E-state index in [1.807, 2.05) is 42.8 Å². The number of aryl methyl sites for hydroxylation is 1. The summed E-state index contributed by atoms with van der Waals surface area (Å²) in [5, 5.41) is 6.05. The SMILES string of the molecule is CCCNC(=O)CCNc1nc2ccccc2n1C. The number of carbonyl (C=O) groups excluding carboxylic acids is 1. The minimum atomic E-state index is 0.0770. The number of nitrogens with one attached hydrogen (secondary N) is 2. The van der Waals surface area contributed by atoms with Crippen molar-refractivity contribution in [2.75, 3.05) is 18.4 Å². The van der Waals surface area contributed by atoms with Crippen molar-refractivity contribution in [3.8, 4) is 0 Å². The molecule has 5 nitrogen and oxygen atoms in total. The van der Waals surface area contributed by atoms with Crippen LogP contribution in [-0.4, -0.2) is 28.5 Å². The number of carbonyl (C=O) groups is 1. The first-order valence-electron chi connectivity index (χ1n) is 6.64. The van der Waals surface area contributed by atoms with Crippen LogP contribution in [0.15, 0.2) is 24.3 Å². The van der Waals surface area contributed by atoms with Gasteiger partial charge < -0.3 is 15.2 Å². The molecule has 2 N–H and O–H groups in total. The molecule has 1 amide bonds. The van der Waals surface area contributed by atoms with E-state index in [0.717, 1.165) is 29.9 Å². The molecule has 0 spiro atoms. The van der Waals surface area contributed by atoms with E-state index < -0.39 is 0 Å². The molecule has 0 radical (unpaired) electrons. The Kier molecular flexibility index (Phi) is 4.39. The highest BCUT2D eigenvalue weighted by Crippen LogP contribution is 2.17. The molecule has 102 valence electrons. The van der Waals surface area contributed by atoms with E-state index in [2.05, 4.69) is 15.6 Å². The van der Waals surface area contributed by atoms with Gasteiger partial charge in [0.1, 0.15) is 0 Å². The van der Waals surface area contributed by atoms with Crippen molar-refractivity contribution in [3.05, 3.63) is 24.3 Å². The number of hydrogen-bond acceptors (Lipinski definition) is 3. The van der Waals surface area contributed by atoms with Crippen LogP contribution in [0.1, 0.15) is 19.8 Å². The lowest BCUT2D eigenvalue weighted by molar-refractivity contribution is -0.120. The molecule has 1 aromatic carbocycles. The van der Waals surface area contributed by atoms with Gasteiger partial charge in [-0.2, -0.15) is 0 Å². The first-order valence-corrected chi connectivity index (χ1v) is 6.64. The Morgan fingerprint density at radius 3 is 2.84 bits per heavy atom. The predicted molar refractivity (Wildman–Crippen MR) is 77.1 cm³/mol. The van der Waals surface area contributed by atoms with Crippen LogP contribution < -0.4 is 10.6 Å². The van der Waals surface area contributed by atoms with Gasteiger partial charge in [0.05, 0.1) is 11.0 Å². The molecule has 0 atom stereocenters. The number of nitrogens with zero attached hydrogens (tertiary/aromatic N) is 2. The summed E-state index contributed by atoms with van der Waals surface area (Å²) in [5.41, 5.74) is 2.04. The average molecular weight is 260 g/mol. The van der Waals surface area contributed by atoms with Crippen LogP contribution in [0, 0.1) is 0 Å². The van der Waals surface area contributed by atoms with Gasteiger partial charge in [0.15, 0.2) is 0 Å². The molecular weight excluding hydrogens is 240 g/mol. The lowest BCUT2D eigenvalue weighted by Gasteiger charge is -2.06. The van der Waals surface area contributed by atoms with Crippen LogP contribution in [0.3, 0.4) is 0 Å². The average Bonchev–Trinajstić information content (AvgIpc) is 2.74. The van der Waals surface area contributed by atoms with Gasteiger partial charge in [0.25, 0.3) is 0 Å². The zero-order valence-corrected chi connectivity index (χ0v) is 11.4. The molecule has 0 aliphatic rings. The zero-order chi connectivity index (χ0) is 13.7. The smallest absolute Gasteiger partial charge is 0.221 e. The van der Waals surface area contributed by atoms with E-state index in [1.165, 1.54) is 0 Å². The van der Waals surface area contributed by atoms with E-state index in [-0.39, 0.29) is 5.91 Å². The quantitative estimate of drug-likeness (QED) is 0.834. The molecule has 0 saturated carbocycles. The predicted octanol–water partition coefficient (Wildman–Crippen LogP) is 1.90. The summed E-state index contributed by atoms with van der Waals surface area (Å²) in [5.74, 6) is 0.873. The minimum absolute atomic E-state index is 0.0770. The number of imidazole rings is 1. The van der Waals surface area contributed by atoms with E-state index in [1.54, 1.807) is 0 Å². The lowest BCUT2D eigenvalue weighted by Crippen LogP contribution is -2.26. The third-order valence-corrected chi connectivity index (χ3v) is 2.99. The summed E-state index contributed by atoms with van der Waals surface area (Å²) in [4.78, 5) is 16.0. The highest BCUT2D eigenvalue weighted by molar-refractivity contribution is 5.79. The molecule has 19 heavy (non-hydrogen) atoms. The Bertz CT molecular complexity index is 562. The van der Waals surface area contributed by atoms with E-state index in [0.29, 0.717) is 13.0 Å². The van der Waals surface area contributed by atoms with Gasteiger partial charge in [-0.05, 0) is 18.6 Å². The Hall–Kier alpha value is -2.04. The number of benzene rings is 1. The van der Waals surface area contributed by atoms with Crippen molar-refractivity contribution in [1.82, 2.24) is 14.9 Å². The van der Waals surface area contributed by atoms with Gasteiger partial charge in [-0.25, -0.2) is 4.98 Å².